The summed E-state index contributed by atoms with van der Waals surface area (Å²) in [6.45, 7) is 1.33. The van der Waals surface area contributed by atoms with Gasteiger partial charge < -0.3 is 10.1 Å². The molecule has 0 aliphatic carbocycles. The van der Waals surface area contributed by atoms with Gasteiger partial charge in [0.05, 0.1) is 0 Å². The van der Waals surface area contributed by atoms with E-state index in [-0.39, 0.29) is 11.6 Å². The number of halogens is 1. The summed E-state index contributed by atoms with van der Waals surface area (Å²) in [4.78, 5) is 24.1. The average Bonchev–Trinajstić information content (AvgIpc) is 2.63. The smallest absolute Gasteiger partial charge is 0.360 e. The van der Waals surface area contributed by atoms with Gasteiger partial charge in [-0.05, 0) is 35.2 Å². The fourth-order valence-electron chi connectivity index (χ4n) is 2.50. The molecule has 0 heterocycles. The summed E-state index contributed by atoms with van der Waals surface area (Å²) in [7, 11) is 0. The number of carbonyl (C=O) groups excluding carboxylic acids is 2. The minimum absolute atomic E-state index is 0.0488. The number of benzene rings is 3. The third-order valence-corrected chi connectivity index (χ3v) is 3.92. The molecule has 0 fully saturated rings. The van der Waals surface area contributed by atoms with Gasteiger partial charge >= 0.3 is 5.97 Å². The first-order chi connectivity index (χ1) is 12.5. The number of carbonyl (C=O) groups is 2. The van der Waals surface area contributed by atoms with Crippen LogP contribution in [-0.4, -0.2) is 11.9 Å². The Morgan fingerprint density at radius 2 is 1.65 bits per heavy atom. The lowest BCUT2D eigenvalue weighted by Gasteiger charge is -2.11. The van der Waals surface area contributed by atoms with E-state index in [2.05, 4.69) is 5.32 Å². The standard InChI is InChI=1S/C21H16ClNO3/c1-14(24)23-19(13-15-9-11-17(22)12-10-15)21(25)26-20-8-4-6-16-5-2-3-7-18(16)20/h2-13H,1H3,(H,23,24)/b19-13+. The number of hydrogen-bond donors (Lipinski definition) is 1. The lowest BCUT2D eigenvalue weighted by Crippen LogP contribution is -2.27. The Bertz CT molecular complexity index is 988. The number of nitrogens with one attached hydrogen (secondary N) is 1. The number of esters is 1. The molecule has 0 unspecified atom stereocenters. The molecule has 3 aromatic rings. The normalized spacial score (nSPS) is 11.2. The van der Waals surface area contributed by atoms with Gasteiger partial charge in [0, 0.05) is 17.3 Å². The van der Waals surface area contributed by atoms with E-state index in [1.165, 1.54) is 6.92 Å². The van der Waals surface area contributed by atoms with Crippen LogP contribution in [0.4, 0.5) is 0 Å². The van der Waals surface area contributed by atoms with Crippen molar-refractivity contribution in [3.63, 3.8) is 0 Å². The van der Waals surface area contributed by atoms with E-state index >= 15 is 0 Å². The molecule has 5 heteroatoms. The molecule has 0 saturated heterocycles. The Kier molecular flexibility index (Phi) is 5.34. The van der Waals surface area contributed by atoms with Gasteiger partial charge in [0.1, 0.15) is 11.4 Å². The minimum atomic E-state index is -0.647. The van der Waals surface area contributed by atoms with Crippen LogP contribution in [0.5, 0.6) is 5.75 Å². The first-order valence-electron chi connectivity index (χ1n) is 7.98. The van der Waals surface area contributed by atoms with Crippen LogP contribution >= 0.6 is 11.6 Å². The van der Waals surface area contributed by atoms with Gasteiger partial charge in [0.25, 0.3) is 0 Å². The van der Waals surface area contributed by atoms with Crippen LogP contribution in [0.2, 0.25) is 5.02 Å². The van der Waals surface area contributed by atoms with Crippen LogP contribution in [-0.2, 0) is 9.59 Å². The van der Waals surface area contributed by atoms with Crippen molar-refractivity contribution in [1.82, 2.24) is 5.32 Å². The van der Waals surface area contributed by atoms with Crippen LogP contribution in [0.3, 0.4) is 0 Å². The summed E-state index contributed by atoms with van der Waals surface area (Å²) in [6.07, 6.45) is 1.55. The van der Waals surface area contributed by atoms with E-state index in [0.717, 1.165) is 10.8 Å². The number of hydrogen-bond acceptors (Lipinski definition) is 3. The van der Waals surface area contributed by atoms with Gasteiger partial charge in [0.2, 0.25) is 5.91 Å². The Hall–Kier alpha value is -3.11. The highest BCUT2D eigenvalue weighted by molar-refractivity contribution is 6.30. The maximum Gasteiger partial charge on any atom is 0.360 e. The van der Waals surface area contributed by atoms with Crippen molar-refractivity contribution >= 4 is 40.3 Å². The molecule has 0 aromatic heterocycles. The molecule has 0 saturated carbocycles. The van der Waals surface area contributed by atoms with Gasteiger partial charge in [-0.15, -0.1) is 0 Å². The van der Waals surface area contributed by atoms with Crippen molar-refractivity contribution in [2.45, 2.75) is 6.92 Å². The molecule has 3 rings (SSSR count). The van der Waals surface area contributed by atoms with E-state index in [1.807, 2.05) is 36.4 Å². The fraction of sp³-hybridized carbons (Fsp3) is 0.0476. The SMILES string of the molecule is CC(=O)N/C(=C/c1ccc(Cl)cc1)C(=O)Oc1cccc2ccccc12. The van der Waals surface area contributed by atoms with Crippen LogP contribution < -0.4 is 10.1 Å². The Labute approximate surface area is 156 Å². The quantitative estimate of drug-likeness (QED) is 0.418. The molecule has 0 radical (unpaired) electrons. The summed E-state index contributed by atoms with van der Waals surface area (Å²) in [5, 5.41) is 4.89. The second-order valence-electron chi connectivity index (χ2n) is 5.66. The highest BCUT2D eigenvalue weighted by Crippen LogP contribution is 2.26. The molecular formula is C21H16ClNO3. The van der Waals surface area contributed by atoms with E-state index < -0.39 is 5.97 Å². The lowest BCUT2D eigenvalue weighted by molar-refractivity contribution is -0.132. The number of amides is 1. The summed E-state index contributed by atoms with van der Waals surface area (Å²) in [5.41, 5.74) is 0.765. The Morgan fingerprint density at radius 1 is 0.962 bits per heavy atom. The molecule has 1 amide bonds. The van der Waals surface area contributed by atoms with Crippen molar-refractivity contribution in [1.29, 1.82) is 0 Å². The van der Waals surface area contributed by atoms with E-state index in [0.29, 0.717) is 16.3 Å². The van der Waals surface area contributed by atoms with Crippen molar-refractivity contribution in [2.24, 2.45) is 0 Å². The van der Waals surface area contributed by atoms with Crippen molar-refractivity contribution < 1.29 is 14.3 Å². The molecule has 0 aliphatic rings. The topological polar surface area (TPSA) is 55.4 Å². The molecular weight excluding hydrogens is 350 g/mol. The average molecular weight is 366 g/mol. The number of ether oxygens (including phenoxy) is 1. The van der Waals surface area contributed by atoms with E-state index in [4.69, 9.17) is 16.3 Å². The molecule has 130 valence electrons. The minimum Gasteiger partial charge on any atom is -0.421 e. The van der Waals surface area contributed by atoms with Gasteiger partial charge in [-0.2, -0.15) is 0 Å². The van der Waals surface area contributed by atoms with Crippen LogP contribution in [0.1, 0.15) is 12.5 Å². The van der Waals surface area contributed by atoms with Gasteiger partial charge in [-0.3, -0.25) is 4.79 Å². The third-order valence-electron chi connectivity index (χ3n) is 3.66. The molecule has 0 aliphatic heterocycles. The van der Waals surface area contributed by atoms with Crippen molar-refractivity contribution in [3.05, 3.63) is 83.0 Å². The Balaban J connectivity index is 1.92. The second kappa shape index (κ2) is 7.85. The molecule has 4 nitrogen and oxygen atoms in total. The Morgan fingerprint density at radius 3 is 2.38 bits per heavy atom. The zero-order chi connectivity index (χ0) is 18.5. The zero-order valence-electron chi connectivity index (χ0n) is 14.0. The van der Waals surface area contributed by atoms with Crippen molar-refractivity contribution in [3.8, 4) is 5.75 Å². The van der Waals surface area contributed by atoms with Gasteiger partial charge in [0.15, 0.2) is 0 Å². The van der Waals surface area contributed by atoms with E-state index in [9.17, 15) is 9.59 Å². The van der Waals surface area contributed by atoms with Gasteiger partial charge in [-0.1, -0.05) is 60.1 Å². The highest BCUT2D eigenvalue weighted by Gasteiger charge is 2.15. The van der Waals surface area contributed by atoms with E-state index in [1.54, 1.807) is 36.4 Å². The molecule has 26 heavy (non-hydrogen) atoms. The molecule has 1 N–H and O–H groups in total. The summed E-state index contributed by atoms with van der Waals surface area (Å²) < 4.78 is 5.54. The lowest BCUT2D eigenvalue weighted by atomic mass is 10.1. The second-order valence-corrected chi connectivity index (χ2v) is 6.09. The zero-order valence-corrected chi connectivity index (χ0v) is 14.8. The largest absolute Gasteiger partial charge is 0.421 e. The predicted molar refractivity (Wildman–Crippen MR) is 103 cm³/mol. The molecule has 0 bridgehead atoms. The molecule has 0 atom stereocenters. The first-order valence-corrected chi connectivity index (χ1v) is 8.35. The van der Waals surface area contributed by atoms with Crippen molar-refractivity contribution in [2.75, 3.05) is 0 Å². The molecule has 3 aromatic carbocycles. The monoisotopic (exact) mass is 365 g/mol. The van der Waals surface area contributed by atoms with Crippen LogP contribution in [0, 0.1) is 0 Å². The first kappa shape index (κ1) is 17.7. The summed E-state index contributed by atoms with van der Waals surface area (Å²) in [5.74, 6) is -0.577. The van der Waals surface area contributed by atoms with Gasteiger partial charge in [-0.25, -0.2) is 4.79 Å². The summed E-state index contributed by atoms with van der Waals surface area (Å²) >= 11 is 5.88. The van der Waals surface area contributed by atoms with Crippen LogP contribution in [0.25, 0.3) is 16.8 Å². The number of fused-ring (bicyclic) bond motifs is 1. The third kappa shape index (κ3) is 4.29. The summed E-state index contributed by atoms with van der Waals surface area (Å²) in [6, 6.07) is 20.0. The van der Waals surface area contributed by atoms with Crippen LogP contribution in [0.15, 0.2) is 72.4 Å². The molecule has 0 spiro atoms. The predicted octanol–water partition coefficient (Wildman–Crippen LogP) is 4.58. The highest BCUT2D eigenvalue weighted by atomic mass is 35.5. The number of rotatable bonds is 4. The maximum absolute atomic E-state index is 12.6. The maximum atomic E-state index is 12.6. The fourth-order valence-corrected chi connectivity index (χ4v) is 2.63.